The minimum atomic E-state index is -4.38. The summed E-state index contributed by atoms with van der Waals surface area (Å²) in [6, 6.07) is 4.23. The molecule has 1 N–H and O–H groups in total. The van der Waals surface area contributed by atoms with Gasteiger partial charge in [-0.1, -0.05) is 18.7 Å². The first-order chi connectivity index (χ1) is 9.32. The van der Waals surface area contributed by atoms with Crippen LogP contribution in [0.25, 0.3) is 0 Å². The van der Waals surface area contributed by atoms with Gasteiger partial charge in [0.25, 0.3) is 0 Å². The Balaban J connectivity index is 2.26. The van der Waals surface area contributed by atoms with Crippen LogP contribution in [0.2, 0.25) is 0 Å². The Labute approximate surface area is 114 Å². The van der Waals surface area contributed by atoms with Gasteiger partial charge in [-0.3, -0.25) is 4.79 Å². The molecule has 0 saturated carbocycles. The summed E-state index contributed by atoms with van der Waals surface area (Å²) >= 11 is 0. The molecule has 6 heteroatoms. The van der Waals surface area contributed by atoms with Crippen molar-refractivity contribution >= 4 is 5.91 Å². The van der Waals surface area contributed by atoms with Crippen LogP contribution in [0.3, 0.4) is 0 Å². The summed E-state index contributed by atoms with van der Waals surface area (Å²) in [7, 11) is 0. The first-order valence-electron chi connectivity index (χ1n) is 6.11. The van der Waals surface area contributed by atoms with Crippen LogP contribution in [0.5, 0.6) is 0 Å². The van der Waals surface area contributed by atoms with E-state index in [0.717, 1.165) is 18.2 Å². The van der Waals surface area contributed by atoms with Gasteiger partial charge in [-0.05, 0) is 30.2 Å². The van der Waals surface area contributed by atoms with Crippen molar-refractivity contribution in [3.05, 3.63) is 48.0 Å². The SMILES string of the molecule is C=CC(=O)N1C[C@H](O)C[C@H]1c1ccc(C(F)(F)F)cc1. The fraction of sp³-hybridized carbons (Fsp3) is 0.357. The summed E-state index contributed by atoms with van der Waals surface area (Å²) in [5, 5.41) is 9.65. The van der Waals surface area contributed by atoms with Crippen molar-refractivity contribution in [1.29, 1.82) is 0 Å². The quantitative estimate of drug-likeness (QED) is 0.848. The molecule has 0 radical (unpaired) electrons. The molecule has 2 atom stereocenters. The lowest BCUT2D eigenvalue weighted by Gasteiger charge is -2.23. The molecule has 1 heterocycles. The molecule has 1 saturated heterocycles. The fourth-order valence-corrected chi connectivity index (χ4v) is 2.38. The van der Waals surface area contributed by atoms with Gasteiger partial charge in [0.15, 0.2) is 0 Å². The number of nitrogens with zero attached hydrogens (tertiary/aromatic N) is 1. The number of hydrogen-bond donors (Lipinski definition) is 1. The van der Waals surface area contributed by atoms with Crippen LogP contribution in [-0.4, -0.2) is 28.6 Å². The Morgan fingerprint density at radius 3 is 2.45 bits per heavy atom. The zero-order chi connectivity index (χ0) is 14.9. The van der Waals surface area contributed by atoms with E-state index in [4.69, 9.17) is 0 Å². The summed E-state index contributed by atoms with van der Waals surface area (Å²) < 4.78 is 37.5. The molecule has 1 amide bonds. The maximum absolute atomic E-state index is 12.5. The Morgan fingerprint density at radius 2 is 1.95 bits per heavy atom. The van der Waals surface area contributed by atoms with E-state index < -0.39 is 23.9 Å². The van der Waals surface area contributed by atoms with Crippen LogP contribution in [0, 0.1) is 0 Å². The topological polar surface area (TPSA) is 40.5 Å². The maximum Gasteiger partial charge on any atom is 0.416 e. The summed E-state index contributed by atoms with van der Waals surface area (Å²) in [5.41, 5.74) is -0.161. The highest BCUT2D eigenvalue weighted by Gasteiger charge is 2.35. The Bertz CT molecular complexity index is 510. The third-order valence-corrected chi connectivity index (χ3v) is 3.36. The molecule has 2 rings (SSSR count). The number of carbonyl (C=O) groups is 1. The number of alkyl halides is 3. The molecule has 0 bridgehead atoms. The molecule has 0 spiro atoms. The van der Waals surface area contributed by atoms with Crippen LogP contribution in [-0.2, 0) is 11.0 Å². The van der Waals surface area contributed by atoms with Gasteiger partial charge in [0.2, 0.25) is 5.91 Å². The van der Waals surface area contributed by atoms with Gasteiger partial charge in [-0.15, -0.1) is 0 Å². The number of β-amino-alcohol motifs (C(OH)–C–C–N with tert-alkyl or cyclic N) is 1. The number of rotatable bonds is 2. The van der Waals surface area contributed by atoms with Crippen LogP contribution >= 0.6 is 0 Å². The first-order valence-corrected chi connectivity index (χ1v) is 6.11. The number of amides is 1. The molecular formula is C14H14F3NO2. The van der Waals surface area contributed by atoms with Gasteiger partial charge in [0, 0.05) is 6.54 Å². The van der Waals surface area contributed by atoms with Crippen molar-refractivity contribution in [1.82, 2.24) is 4.90 Å². The van der Waals surface area contributed by atoms with E-state index >= 15 is 0 Å². The second-order valence-corrected chi connectivity index (χ2v) is 4.72. The molecule has 3 nitrogen and oxygen atoms in total. The van der Waals surface area contributed by atoms with E-state index in [-0.39, 0.29) is 12.5 Å². The van der Waals surface area contributed by atoms with E-state index in [9.17, 15) is 23.1 Å². The third kappa shape index (κ3) is 2.85. The lowest BCUT2D eigenvalue weighted by molar-refractivity contribution is -0.137. The van der Waals surface area contributed by atoms with Gasteiger partial charge in [-0.25, -0.2) is 0 Å². The lowest BCUT2D eigenvalue weighted by atomic mass is 10.0. The van der Waals surface area contributed by atoms with E-state index in [1.54, 1.807) is 0 Å². The normalized spacial score (nSPS) is 22.9. The van der Waals surface area contributed by atoms with Gasteiger partial charge < -0.3 is 10.0 Å². The summed E-state index contributed by atoms with van der Waals surface area (Å²) in [5.74, 6) is -0.341. The van der Waals surface area contributed by atoms with Crippen LogP contribution in [0.1, 0.15) is 23.6 Å². The lowest BCUT2D eigenvalue weighted by Crippen LogP contribution is -2.30. The average molecular weight is 285 g/mol. The zero-order valence-corrected chi connectivity index (χ0v) is 10.6. The van der Waals surface area contributed by atoms with Crippen molar-refractivity contribution < 1.29 is 23.1 Å². The molecule has 0 unspecified atom stereocenters. The zero-order valence-electron chi connectivity index (χ0n) is 10.6. The highest BCUT2D eigenvalue weighted by molar-refractivity contribution is 5.87. The van der Waals surface area contributed by atoms with E-state index in [1.165, 1.54) is 17.0 Å². The number of aliphatic hydroxyl groups is 1. The Morgan fingerprint density at radius 1 is 1.35 bits per heavy atom. The minimum Gasteiger partial charge on any atom is -0.391 e. The molecule has 0 aromatic heterocycles. The van der Waals surface area contributed by atoms with Crippen molar-refractivity contribution in [3.8, 4) is 0 Å². The first kappa shape index (κ1) is 14.6. The predicted octanol–water partition coefficient (Wildman–Crippen LogP) is 2.53. The summed E-state index contributed by atoms with van der Waals surface area (Å²) in [4.78, 5) is 13.1. The number of benzene rings is 1. The predicted molar refractivity (Wildman–Crippen MR) is 66.7 cm³/mol. The van der Waals surface area contributed by atoms with E-state index in [2.05, 4.69) is 6.58 Å². The molecular weight excluding hydrogens is 271 g/mol. The summed E-state index contributed by atoms with van der Waals surface area (Å²) in [6.07, 6.45) is -3.61. The fourth-order valence-electron chi connectivity index (χ4n) is 2.38. The molecule has 1 aromatic carbocycles. The largest absolute Gasteiger partial charge is 0.416 e. The Kier molecular flexibility index (Phi) is 3.85. The van der Waals surface area contributed by atoms with Crippen LogP contribution in [0.15, 0.2) is 36.9 Å². The van der Waals surface area contributed by atoms with Gasteiger partial charge >= 0.3 is 6.18 Å². The standard InChI is InChI=1S/C14H14F3NO2/c1-2-13(20)18-8-11(19)7-12(18)9-3-5-10(6-4-9)14(15,16)17/h2-6,11-12,19H,1,7-8H2/t11-,12+/m1/s1. The molecule has 1 aromatic rings. The highest BCUT2D eigenvalue weighted by Crippen LogP contribution is 2.35. The smallest absolute Gasteiger partial charge is 0.391 e. The van der Waals surface area contributed by atoms with Crippen LogP contribution < -0.4 is 0 Å². The van der Waals surface area contributed by atoms with Crippen molar-refractivity contribution in [2.75, 3.05) is 6.54 Å². The molecule has 1 aliphatic heterocycles. The van der Waals surface area contributed by atoms with Crippen LogP contribution in [0.4, 0.5) is 13.2 Å². The van der Waals surface area contributed by atoms with Crippen molar-refractivity contribution in [3.63, 3.8) is 0 Å². The second-order valence-electron chi connectivity index (χ2n) is 4.72. The van der Waals surface area contributed by atoms with Crippen molar-refractivity contribution in [2.45, 2.75) is 24.7 Å². The number of aliphatic hydroxyl groups excluding tert-OH is 1. The van der Waals surface area contributed by atoms with E-state index in [1.807, 2.05) is 0 Å². The third-order valence-electron chi connectivity index (χ3n) is 3.36. The minimum absolute atomic E-state index is 0.163. The summed E-state index contributed by atoms with van der Waals surface area (Å²) in [6.45, 7) is 3.55. The Hall–Kier alpha value is -1.82. The molecule has 0 aliphatic carbocycles. The maximum atomic E-state index is 12.5. The second kappa shape index (κ2) is 5.28. The van der Waals surface area contributed by atoms with Gasteiger partial charge in [0.1, 0.15) is 0 Å². The van der Waals surface area contributed by atoms with Gasteiger partial charge in [-0.2, -0.15) is 13.2 Å². The monoisotopic (exact) mass is 285 g/mol. The molecule has 20 heavy (non-hydrogen) atoms. The van der Waals surface area contributed by atoms with E-state index in [0.29, 0.717) is 12.0 Å². The average Bonchev–Trinajstić information content (AvgIpc) is 2.79. The molecule has 108 valence electrons. The van der Waals surface area contributed by atoms with Crippen molar-refractivity contribution in [2.24, 2.45) is 0 Å². The number of likely N-dealkylation sites (tertiary alicyclic amines) is 1. The van der Waals surface area contributed by atoms with Gasteiger partial charge in [0.05, 0.1) is 17.7 Å². The number of carbonyl (C=O) groups excluding carboxylic acids is 1. The number of halogens is 3. The molecule has 1 fully saturated rings. The number of hydrogen-bond acceptors (Lipinski definition) is 2. The highest BCUT2D eigenvalue weighted by atomic mass is 19.4. The molecule has 1 aliphatic rings.